The second-order valence-electron chi connectivity index (χ2n) is 5.43. The molecule has 1 saturated heterocycles. The molecule has 1 heterocycles. The Hall–Kier alpha value is -1.33. The van der Waals surface area contributed by atoms with Crippen LogP contribution in [0.25, 0.3) is 0 Å². The maximum absolute atomic E-state index is 11.7. The Morgan fingerprint density at radius 2 is 1.94 bits per heavy atom. The maximum Gasteiger partial charge on any atom is 0.410 e. The molecule has 6 nitrogen and oxygen atoms in total. The summed E-state index contributed by atoms with van der Waals surface area (Å²) in [7, 11) is 0. The molecule has 1 fully saturated rings. The van der Waals surface area contributed by atoms with Gasteiger partial charge in [-0.25, -0.2) is 4.79 Å². The monoisotopic (exact) mass is 244 g/mol. The van der Waals surface area contributed by atoms with Crippen molar-refractivity contribution in [2.75, 3.05) is 19.6 Å². The molecule has 1 rings (SSSR count). The summed E-state index contributed by atoms with van der Waals surface area (Å²) in [5.41, 5.74) is -0.491. The lowest BCUT2D eigenvalue weighted by atomic mass is 9.97. The Labute approximate surface area is 101 Å². The number of nitro groups is 1. The van der Waals surface area contributed by atoms with E-state index in [1.54, 1.807) is 4.90 Å². The molecule has 0 unspecified atom stereocenters. The van der Waals surface area contributed by atoms with Gasteiger partial charge in [0.25, 0.3) is 0 Å². The lowest BCUT2D eigenvalue weighted by Crippen LogP contribution is -2.42. The van der Waals surface area contributed by atoms with Crippen LogP contribution in [0.15, 0.2) is 0 Å². The van der Waals surface area contributed by atoms with E-state index in [1.165, 1.54) is 0 Å². The van der Waals surface area contributed by atoms with Crippen LogP contribution < -0.4 is 0 Å². The highest BCUT2D eigenvalue weighted by molar-refractivity contribution is 5.68. The number of carbonyl (C=O) groups is 1. The molecule has 17 heavy (non-hydrogen) atoms. The Bertz CT molecular complexity index is 290. The molecule has 98 valence electrons. The Kier molecular flexibility index (Phi) is 4.31. The standard InChI is InChI=1S/C11H20N2O4/c1-11(2,3)17-10(14)12-6-4-9(5-7-12)8-13(15)16/h9H,4-8H2,1-3H3. The molecular weight excluding hydrogens is 224 g/mol. The van der Waals surface area contributed by atoms with E-state index in [-0.39, 0.29) is 23.5 Å². The SMILES string of the molecule is CC(C)(C)OC(=O)N1CCC(C[N+](=O)[O-])CC1. The minimum Gasteiger partial charge on any atom is -0.444 e. The van der Waals surface area contributed by atoms with Crippen LogP contribution in [-0.2, 0) is 4.74 Å². The number of hydrogen-bond donors (Lipinski definition) is 0. The molecule has 0 aromatic heterocycles. The molecule has 6 heteroatoms. The second kappa shape index (κ2) is 5.33. The molecule has 0 aromatic rings. The van der Waals surface area contributed by atoms with Crippen molar-refractivity contribution >= 4 is 6.09 Å². The highest BCUT2D eigenvalue weighted by atomic mass is 16.6. The summed E-state index contributed by atoms with van der Waals surface area (Å²) in [5, 5.41) is 10.4. The summed E-state index contributed by atoms with van der Waals surface area (Å²) in [6.45, 7) is 6.57. The van der Waals surface area contributed by atoms with E-state index in [9.17, 15) is 14.9 Å². The molecule has 0 aromatic carbocycles. The molecule has 0 atom stereocenters. The first kappa shape index (κ1) is 13.7. The van der Waals surface area contributed by atoms with Crippen LogP contribution in [0.3, 0.4) is 0 Å². The summed E-state index contributed by atoms with van der Waals surface area (Å²) in [6, 6.07) is 0. The van der Waals surface area contributed by atoms with Crippen LogP contribution in [0.5, 0.6) is 0 Å². The van der Waals surface area contributed by atoms with Crippen LogP contribution >= 0.6 is 0 Å². The van der Waals surface area contributed by atoms with Gasteiger partial charge in [-0.2, -0.15) is 0 Å². The molecule has 1 aliphatic rings. The average Bonchev–Trinajstić information content (AvgIpc) is 2.15. The van der Waals surface area contributed by atoms with Crippen molar-refractivity contribution in [2.45, 2.75) is 39.2 Å². The molecule has 0 N–H and O–H groups in total. The highest BCUT2D eigenvalue weighted by Crippen LogP contribution is 2.19. The van der Waals surface area contributed by atoms with Gasteiger partial charge in [0, 0.05) is 23.9 Å². The topological polar surface area (TPSA) is 72.7 Å². The number of carbonyl (C=O) groups excluding carboxylic acids is 1. The lowest BCUT2D eigenvalue weighted by Gasteiger charge is -2.32. The summed E-state index contributed by atoms with van der Waals surface area (Å²) in [5.74, 6) is 0.0867. The summed E-state index contributed by atoms with van der Waals surface area (Å²) < 4.78 is 5.25. The van der Waals surface area contributed by atoms with E-state index in [0.29, 0.717) is 25.9 Å². The fraction of sp³-hybridized carbons (Fsp3) is 0.909. The van der Waals surface area contributed by atoms with Crippen LogP contribution in [-0.4, -0.2) is 41.2 Å². The molecular formula is C11H20N2O4. The fourth-order valence-electron chi connectivity index (χ4n) is 1.84. The van der Waals surface area contributed by atoms with Crippen molar-refractivity contribution in [3.8, 4) is 0 Å². The zero-order valence-corrected chi connectivity index (χ0v) is 10.6. The first-order valence-electron chi connectivity index (χ1n) is 5.87. The number of hydrogen-bond acceptors (Lipinski definition) is 4. The van der Waals surface area contributed by atoms with Gasteiger partial charge in [-0.1, -0.05) is 0 Å². The van der Waals surface area contributed by atoms with Crippen molar-refractivity contribution in [2.24, 2.45) is 5.92 Å². The maximum atomic E-state index is 11.7. The quantitative estimate of drug-likeness (QED) is 0.549. The van der Waals surface area contributed by atoms with Gasteiger partial charge in [0.15, 0.2) is 0 Å². The highest BCUT2D eigenvalue weighted by Gasteiger charge is 2.28. The van der Waals surface area contributed by atoms with E-state index in [1.807, 2.05) is 20.8 Å². The van der Waals surface area contributed by atoms with Gasteiger partial charge < -0.3 is 9.64 Å². The van der Waals surface area contributed by atoms with Gasteiger partial charge in [-0.15, -0.1) is 0 Å². The van der Waals surface area contributed by atoms with Gasteiger partial charge >= 0.3 is 6.09 Å². The number of ether oxygens (including phenoxy) is 1. The van der Waals surface area contributed by atoms with Gasteiger partial charge in [0.05, 0.1) is 0 Å². The van der Waals surface area contributed by atoms with Gasteiger partial charge in [-0.05, 0) is 33.6 Å². The van der Waals surface area contributed by atoms with Crippen LogP contribution in [0.2, 0.25) is 0 Å². The van der Waals surface area contributed by atoms with E-state index in [0.717, 1.165) is 0 Å². The Balaban J connectivity index is 2.36. The normalized spacial score (nSPS) is 17.9. The molecule has 0 radical (unpaired) electrons. The molecule has 1 amide bonds. The lowest BCUT2D eigenvalue weighted by molar-refractivity contribution is -0.489. The summed E-state index contributed by atoms with van der Waals surface area (Å²) in [6.07, 6.45) is 1.04. The minimum atomic E-state index is -0.491. The summed E-state index contributed by atoms with van der Waals surface area (Å²) in [4.78, 5) is 23.4. The first-order chi connectivity index (χ1) is 7.78. The van der Waals surface area contributed by atoms with E-state index in [4.69, 9.17) is 4.74 Å². The number of rotatable bonds is 2. The molecule has 0 saturated carbocycles. The smallest absolute Gasteiger partial charge is 0.410 e. The zero-order chi connectivity index (χ0) is 13.1. The van der Waals surface area contributed by atoms with E-state index in [2.05, 4.69) is 0 Å². The van der Waals surface area contributed by atoms with Crippen LogP contribution in [0.4, 0.5) is 4.79 Å². The molecule has 0 aliphatic carbocycles. The molecule has 0 spiro atoms. The third-order valence-corrected chi connectivity index (χ3v) is 2.67. The summed E-state index contributed by atoms with van der Waals surface area (Å²) >= 11 is 0. The van der Waals surface area contributed by atoms with E-state index < -0.39 is 5.60 Å². The average molecular weight is 244 g/mol. The van der Waals surface area contributed by atoms with Crippen LogP contribution in [0, 0.1) is 16.0 Å². The van der Waals surface area contributed by atoms with Crippen molar-refractivity contribution < 1.29 is 14.5 Å². The van der Waals surface area contributed by atoms with E-state index >= 15 is 0 Å². The van der Waals surface area contributed by atoms with Crippen LogP contribution in [0.1, 0.15) is 33.6 Å². The van der Waals surface area contributed by atoms with Crippen molar-refractivity contribution in [3.05, 3.63) is 10.1 Å². The zero-order valence-electron chi connectivity index (χ0n) is 10.6. The van der Waals surface area contributed by atoms with Gasteiger partial charge in [-0.3, -0.25) is 10.1 Å². The predicted molar refractivity (Wildman–Crippen MR) is 62.4 cm³/mol. The minimum absolute atomic E-state index is 0.00214. The predicted octanol–water partition coefficient (Wildman–Crippen LogP) is 1.91. The molecule has 0 bridgehead atoms. The van der Waals surface area contributed by atoms with Crippen molar-refractivity contribution in [1.82, 2.24) is 4.90 Å². The first-order valence-corrected chi connectivity index (χ1v) is 5.87. The number of nitrogens with zero attached hydrogens (tertiary/aromatic N) is 2. The third kappa shape index (κ3) is 5.01. The third-order valence-electron chi connectivity index (χ3n) is 2.67. The van der Waals surface area contributed by atoms with Gasteiger partial charge in [0.2, 0.25) is 6.54 Å². The number of piperidine rings is 1. The molecule has 1 aliphatic heterocycles. The fourth-order valence-corrected chi connectivity index (χ4v) is 1.84. The number of likely N-dealkylation sites (tertiary alicyclic amines) is 1. The Morgan fingerprint density at radius 1 is 1.41 bits per heavy atom. The Morgan fingerprint density at radius 3 is 2.35 bits per heavy atom. The second-order valence-corrected chi connectivity index (χ2v) is 5.43. The van der Waals surface area contributed by atoms with Crippen molar-refractivity contribution in [3.63, 3.8) is 0 Å². The van der Waals surface area contributed by atoms with Gasteiger partial charge in [0.1, 0.15) is 5.60 Å². The van der Waals surface area contributed by atoms with Crippen molar-refractivity contribution in [1.29, 1.82) is 0 Å². The number of amides is 1. The largest absolute Gasteiger partial charge is 0.444 e.